The van der Waals surface area contributed by atoms with E-state index in [0.29, 0.717) is 18.4 Å². The van der Waals surface area contributed by atoms with Crippen LogP contribution in [0.2, 0.25) is 5.02 Å². The summed E-state index contributed by atoms with van der Waals surface area (Å²) in [4.78, 5) is 12.1. The monoisotopic (exact) mass is 322 g/mol. The maximum Gasteiger partial charge on any atom is 0.391 e. The fourth-order valence-corrected chi connectivity index (χ4v) is 2.89. The first-order chi connectivity index (χ1) is 9.77. The molecule has 1 nitrogen and oxygen atoms in total. The fraction of sp³-hybridized carbons (Fsp3) is 0.533. The fourth-order valence-electron chi connectivity index (χ4n) is 2.77. The van der Waals surface area contributed by atoms with Gasteiger partial charge >= 0.3 is 6.18 Å². The first kappa shape index (κ1) is 16.3. The lowest BCUT2D eigenvalue weighted by atomic mass is 9.78. The second-order valence-corrected chi connectivity index (χ2v) is 5.90. The lowest BCUT2D eigenvalue weighted by Crippen LogP contribution is -2.32. The van der Waals surface area contributed by atoms with E-state index in [1.54, 1.807) is 0 Å². The molecule has 0 aliphatic heterocycles. The molecule has 1 saturated carbocycles. The van der Waals surface area contributed by atoms with E-state index in [1.807, 2.05) is 0 Å². The van der Waals surface area contributed by atoms with Gasteiger partial charge in [-0.15, -0.1) is 0 Å². The van der Waals surface area contributed by atoms with Crippen molar-refractivity contribution in [2.75, 3.05) is 0 Å². The van der Waals surface area contributed by atoms with Crippen LogP contribution in [0.5, 0.6) is 0 Å². The normalized spacial score (nSPS) is 23.1. The zero-order valence-electron chi connectivity index (χ0n) is 11.2. The van der Waals surface area contributed by atoms with Gasteiger partial charge in [0.2, 0.25) is 0 Å². The van der Waals surface area contributed by atoms with Crippen molar-refractivity contribution in [1.29, 1.82) is 0 Å². The number of carbonyl (C=O) groups is 1. The van der Waals surface area contributed by atoms with Gasteiger partial charge in [0.1, 0.15) is 11.6 Å². The Balaban J connectivity index is 2.01. The number of benzene rings is 1. The van der Waals surface area contributed by atoms with Crippen LogP contribution < -0.4 is 0 Å². The van der Waals surface area contributed by atoms with E-state index in [1.165, 1.54) is 12.1 Å². The van der Waals surface area contributed by atoms with E-state index in [9.17, 15) is 22.4 Å². The van der Waals surface area contributed by atoms with Gasteiger partial charge in [-0.3, -0.25) is 4.79 Å². The Morgan fingerprint density at radius 3 is 2.62 bits per heavy atom. The minimum atomic E-state index is -4.24. The average Bonchev–Trinajstić information content (AvgIpc) is 2.42. The molecule has 0 bridgehead atoms. The highest BCUT2D eigenvalue weighted by molar-refractivity contribution is 6.30. The van der Waals surface area contributed by atoms with E-state index in [4.69, 9.17) is 11.6 Å². The molecule has 1 aliphatic rings. The highest BCUT2D eigenvalue weighted by Gasteiger charge is 2.43. The minimum absolute atomic E-state index is 0.0407. The molecule has 0 heterocycles. The van der Waals surface area contributed by atoms with Gasteiger partial charge in [-0.2, -0.15) is 13.2 Å². The largest absolute Gasteiger partial charge is 0.391 e. The van der Waals surface area contributed by atoms with Crippen LogP contribution in [0.1, 0.15) is 31.2 Å². The molecule has 116 valence electrons. The minimum Gasteiger partial charge on any atom is -0.299 e. The molecular weight excluding hydrogens is 308 g/mol. The van der Waals surface area contributed by atoms with Crippen LogP contribution >= 0.6 is 11.6 Å². The summed E-state index contributed by atoms with van der Waals surface area (Å²) in [6.07, 6.45) is -3.49. The molecule has 0 radical (unpaired) electrons. The van der Waals surface area contributed by atoms with Crippen molar-refractivity contribution in [2.24, 2.45) is 11.8 Å². The molecule has 0 saturated heterocycles. The van der Waals surface area contributed by atoms with E-state index >= 15 is 0 Å². The maximum atomic E-state index is 13.3. The van der Waals surface area contributed by atoms with Crippen molar-refractivity contribution in [2.45, 2.75) is 38.3 Å². The molecule has 1 aliphatic carbocycles. The van der Waals surface area contributed by atoms with E-state index in [-0.39, 0.29) is 30.1 Å². The molecule has 1 aromatic rings. The van der Waals surface area contributed by atoms with Crippen molar-refractivity contribution in [3.63, 3.8) is 0 Å². The molecule has 6 heteroatoms. The van der Waals surface area contributed by atoms with E-state index < -0.39 is 23.8 Å². The molecule has 0 spiro atoms. The molecule has 2 atom stereocenters. The van der Waals surface area contributed by atoms with Gasteiger partial charge in [0.25, 0.3) is 0 Å². The van der Waals surface area contributed by atoms with Crippen LogP contribution in [-0.4, -0.2) is 12.0 Å². The highest BCUT2D eigenvalue weighted by Crippen LogP contribution is 2.40. The van der Waals surface area contributed by atoms with Crippen LogP contribution in [0.4, 0.5) is 17.6 Å². The highest BCUT2D eigenvalue weighted by atomic mass is 35.5. The topological polar surface area (TPSA) is 17.1 Å². The number of hydrogen-bond donors (Lipinski definition) is 0. The molecular formula is C15H15ClF4O. The zero-order chi connectivity index (χ0) is 15.6. The van der Waals surface area contributed by atoms with Crippen molar-refractivity contribution in [1.82, 2.24) is 0 Å². The van der Waals surface area contributed by atoms with Gasteiger partial charge in [0.05, 0.1) is 10.9 Å². The summed E-state index contributed by atoms with van der Waals surface area (Å²) in [6, 6.07) is 4.02. The summed E-state index contributed by atoms with van der Waals surface area (Å²) >= 11 is 5.55. The molecule has 2 rings (SSSR count). The van der Waals surface area contributed by atoms with Crippen molar-refractivity contribution >= 4 is 17.4 Å². The molecule has 0 amide bonds. The quantitative estimate of drug-likeness (QED) is 0.719. The molecule has 0 N–H and O–H groups in total. The first-order valence-electron chi connectivity index (χ1n) is 6.80. The molecule has 21 heavy (non-hydrogen) atoms. The molecule has 0 aromatic heterocycles. The second-order valence-electron chi connectivity index (χ2n) is 5.49. The zero-order valence-corrected chi connectivity index (χ0v) is 12.0. The third kappa shape index (κ3) is 4.19. The summed E-state index contributed by atoms with van der Waals surface area (Å²) in [6.45, 7) is 0. The second kappa shape index (κ2) is 6.34. The number of hydrogen-bond acceptors (Lipinski definition) is 1. The van der Waals surface area contributed by atoms with Crippen LogP contribution in [0.15, 0.2) is 18.2 Å². The Kier molecular flexibility index (Phi) is 4.91. The Morgan fingerprint density at radius 2 is 2.00 bits per heavy atom. The third-order valence-electron chi connectivity index (χ3n) is 3.95. The standard InChI is InChI=1S/C15H15ClF4O/c16-12-5-4-9(6-13(12)17)7-14(21)10-2-1-3-11(8-10)15(18,19)20/h4-6,10-11H,1-3,7-8H2. The van der Waals surface area contributed by atoms with Crippen molar-refractivity contribution < 1.29 is 22.4 Å². The SMILES string of the molecule is O=C(Cc1ccc(Cl)c(F)c1)C1CCCC(C(F)(F)F)C1. The lowest BCUT2D eigenvalue weighted by molar-refractivity contribution is -0.186. The Bertz CT molecular complexity index is 527. The van der Waals surface area contributed by atoms with Gasteiger partial charge in [-0.1, -0.05) is 24.1 Å². The van der Waals surface area contributed by atoms with Crippen LogP contribution in [0.3, 0.4) is 0 Å². The van der Waals surface area contributed by atoms with Crippen molar-refractivity contribution in [3.05, 3.63) is 34.6 Å². The van der Waals surface area contributed by atoms with Crippen LogP contribution in [-0.2, 0) is 11.2 Å². The first-order valence-corrected chi connectivity index (χ1v) is 7.18. The maximum absolute atomic E-state index is 13.3. The van der Waals surface area contributed by atoms with E-state index in [0.717, 1.165) is 6.07 Å². The summed E-state index contributed by atoms with van der Waals surface area (Å²) in [5.41, 5.74) is 0.441. The van der Waals surface area contributed by atoms with E-state index in [2.05, 4.69) is 0 Å². The van der Waals surface area contributed by atoms with Crippen LogP contribution in [0.25, 0.3) is 0 Å². The average molecular weight is 323 g/mol. The summed E-state index contributed by atoms with van der Waals surface area (Å²) < 4.78 is 51.5. The summed E-state index contributed by atoms with van der Waals surface area (Å²) in [5.74, 6) is -2.88. The predicted octanol–water partition coefficient (Wildman–Crippen LogP) is 4.96. The molecule has 1 fully saturated rings. The summed E-state index contributed by atoms with van der Waals surface area (Å²) in [5, 5.41) is -0.0407. The van der Waals surface area contributed by atoms with Gasteiger partial charge in [0.15, 0.2) is 0 Å². The van der Waals surface area contributed by atoms with Crippen LogP contribution in [0, 0.1) is 17.7 Å². The summed E-state index contributed by atoms with van der Waals surface area (Å²) in [7, 11) is 0. The number of rotatable bonds is 3. The number of ketones is 1. The number of halogens is 5. The lowest BCUT2D eigenvalue weighted by Gasteiger charge is -2.29. The Morgan fingerprint density at radius 1 is 1.29 bits per heavy atom. The van der Waals surface area contributed by atoms with Gasteiger partial charge in [-0.25, -0.2) is 4.39 Å². The van der Waals surface area contributed by atoms with Gasteiger partial charge in [0, 0.05) is 12.3 Å². The number of alkyl halides is 3. The Hall–Kier alpha value is -1.10. The smallest absolute Gasteiger partial charge is 0.299 e. The van der Waals surface area contributed by atoms with Crippen molar-refractivity contribution in [3.8, 4) is 0 Å². The number of Topliss-reactive ketones (excluding diaryl/α,β-unsaturated/α-hetero) is 1. The third-order valence-corrected chi connectivity index (χ3v) is 4.26. The predicted molar refractivity (Wildman–Crippen MR) is 71.6 cm³/mol. The van der Waals surface area contributed by atoms with Gasteiger partial charge in [-0.05, 0) is 37.0 Å². The van der Waals surface area contributed by atoms with Gasteiger partial charge < -0.3 is 0 Å². The Labute approximate surface area is 125 Å². The number of carbonyl (C=O) groups excluding carboxylic acids is 1. The molecule has 2 unspecified atom stereocenters. The molecule has 1 aromatic carbocycles.